The SMILES string of the molecule is CC(=O)O[C@@H]1C[C@]2(C)[C@@H](Br)CC[C@@](C)(O)[C@H]2[C@@H]1C=O. The van der Waals surface area contributed by atoms with Crippen LogP contribution in [-0.4, -0.2) is 33.9 Å². The highest BCUT2D eigenvalue weighted by atomic mass is 79.9. The van der Waals surface area contributed by atoms with Gasteiger partial charge in [-0.3, -0.25) is 4.79 Å². The number of carbonyl (C=O) groups is 2. The number of hydrogen-bond acceptors (Lipinski definition) is 4. The molecule has 0 bridgehead atoms. The largest absolute Gasteiger partial charge is 0.462 e. The van der Waals surface area contributed by atoms with Crippen molar-refractivity contribution < 1.29 is 19.4 Å². The molecule has 0 spiro atoms. The number of alkyl halides is 1. The molecule has 19 heavy (non-hydrogen) atoms. The Morgan fingerprint density at radius 1 is 1.47 bits per heavy atom. The van der Waals surface area contributed by atoms with Gasteiger partial charge in [0.2, 0.25) is 0 Å². The Balaban J connectivity index is 2.38. The van der Waals surface area contributed by atoms with Crippen molar-refractivity contribution in [2.75, 3.05) is 0 Å². The van der Waals surface area contributed by atoms with E-state index in [9.17, 15) is 14.7 Å². The molecular weight excluding hydrogens is 312 g/mol. The van der Waals surface area contributed by atoms with Crippen molar-refractivity contribution in [2.45, 2.75) is 56.6 Å². The standard InChI is InChI=1S/C14H21BrO4/c1-8(17)19-10-6-13(2)11(15)4-5-14(3,18)12(13)9(10)7-16/h7,9-12,18H,4-6H2,1-3H3/t9-,10-,11+,12+,13-,14-/m1/s1. The summed E-state index contributed by atoms with van der Waals surface area (Å²) in [6.07, 6.45) is 2.56. The molecule has 5 heteroatoms. The van der Waals surface area contributed by atoms with Crippen LogP contribution in [0.4, 0.5) is 0 Å². The first-order valence-electron chi connectivity index (χ1n) is 6.71. The molecule has 0 aromatic carbocycles. The van der Waals surface area contributed by atoms with E-state index in [2.05, 4.69) is 22.9 Å². The lowest BCUT2D eigenvalue weighted by atomic mass is 9.61. The van der Waals surface area contributed by atoms with E-state index < -0.39 is 17.6 Å². The summed E-state index contributed by atoms with van der Waals surface area (Å²) in [6, 6.07) is 0. The number of aldehydes is 1. The van der Waals surface area contributed by atoms with Crippen LogP contribution in [0, 0.1) is 17.3 Å². The van der Waals surface area contributed by atoms with Gasteiger partial charge in [-0.15, -0.1) is 0 Å². The molecule has 108 valence electrons. The summed E-state index contributed by atoms with van der Waals surface area (Å²) in [7, 11) is 0. The van der Waals surface area contributed by atoms with Gasteiger partial charge in [-0.2, -0.15) is 0 Å². The summed E-state index contributed by atoms with van der Waals surface area (Å²) in [6.45, 7) is 5.22. The fraction of sp³-hybridized carbons (Fsp3) is 0.857. The van der Waals surface area contributed by atoms with Crippen LogP contribution in [0.15, 0.2) is 0 Å². The summed E-state index contributed by atoms with van der Waals surface area (Å²) in [4.78, 5) is 22.9. The van der Waals surface area contributed by atoms with Gasteiger partial charge >= 0.3 is 5.97 Å². The monoisotopic (exact) mass is 332 g/mol. The van der Waals surface area contributed by atoms with E-state index in [0.29, 0.717) is 12.8 Å². The molecular formula is C14H21BrO4. The first-order valence-corrected chi connectivity index (χ1v) is 7.63. The zero-order chi connectivity index (χ0) is 14.4. The molecule has 1 N–H and O–H groups in total. The second-order valence-electron chi connectivity index (χ2n) is 6.41. The lowest BCUT2D eigenvalue weighted by Gasteiger charge is -2.49. The van der Waals surface area contributed by atoms with Crippen molar-refractivity contribution >= 4 is 28.2 Å². The number of rotatable bonds is 2. The van der Waals surface area contributed by atoms with Crippen LogP contribution < -0.4 is 0 Å². The van der Waals surface area contributed by atoms with E-state index in [-0.39, 0.29) is 22.1 Å². The van der Waals surface area contributed by atoms with Crippen molar-refractivity contribution in [3.8, 4) is 0 Å². The molecule has 6 atom stereocenters. The van der Waals surface area contributed by atoms with Gasteiger partial charge in [-0.1, -0.05) is 22.9 Å². The van der Waals surface area contributed by atoms with E-state index in [1.165, 1.54) is 6.92 Å². The minimum atomic E-state index is -0.889. The summed E-state index contributed by atoms with van der Waals surface area (Å²) in [5.74, 6) is -0.978. The molecule has 0 aromatic heterocycles. The first-order chi connectivity index (χ1) is 8.72. The zero-order valence-electron chi connectivity index (χ0n) is 11.6. The summed E-state index contributed by atoms with van der Waals surface area (Å²) >= 11 is 3.69. The predicted molar refractivity (Wildman–Crippen MR) is 73.9 cm³/mol. The highest BCUT2D eigenvalue weighted by Crippen LogP contribution is 2.60. The highest BCUT2D eigenvalue weighted by molar-refractivity contribution is 9.09. The summed E-state index contributed by atoms with van der Waals surface area (Å²) < 4.78 is 5.31. The number of ether oxygens (including phenoxy) is 1. The smallest absolute Gasteiger partial charge is 0.302 e. The molecule has 0 radical (unpaired) electrons. The van der Waals surface area contributed by atoms with Crippen LogP contribution in [0.5, 0.6) is 0 Å². The number of fused-ring (bicyclic) bond motifs is 1. The Morgan fingerprint density at radius 3 is 2.63 bits per heavy atom. The van der Waals surface area contributed by atoms with Gasteiger partial charge in [-0.05, 0) is 31.6 Å². The lowest BCUT2D eigenvalue weighted by Crippen LogP contribution is -2.52. The van der Waals surface area contributed by atoms with E-state index in [4.69, 9.17) is 4.74 Å². The maximum atomic E-state index is 11.5. The Bertz CT molecular complexity index is 395. The number of esters is 1. The number of aliphatic hydroxyl groups is 1. The van der Waals surface area contributed by atoms with Crippen LogP contribution in [0.2, 0.25) is 0 Å². The molecule has 2 aliphatic rings. The van der Waals surface area contributed by atoms with Crippen molar-refractivity contribution in [1.29, 1.82) is 0 Å². The van der Waals surface area contributed by atoms with Crippen LogP contribution in [0.1, 0.15) is 40.0 Å². The van der Waals surface area contributed by atoms with E-state index in [0.717, 1.165) is 12.7 Å². The number of hydrogen-bond donors (Lipinski definition) is 1. The second-order valence-corrected chi connectivity index (χ2v) is 7.52. The molecule has 0 saturated heterocycles. The van der Waals surface area contributed by atoms with Crippen molar-refractivity contribution in [2.24, 2.45) is 17.3 Å². The van der Waals surface area contributed by atoms with Crippen molar-refractivity contribution in [3.05, 3.63) is 0 Å². The van der Waals surface area contributed by atoms with Gasteiger partial charge in [0.15, 0.2) is 0 Å². The molecule has 0 unspecified atom stereocenters. The minimum absolute atomic E-state index is 0.181. The molecule has 0 aromatic rings. The normalized spacial score (nSPS) is 49.5. The maximum Gasteiger partial charge on any atom is 0.302 e. The topological polar surface area (TPSA) is 63.6 Å². The van der Waals surface area contributed by atoms with Gasteiger partial charge in [0.25, 0.3) is 0 Å². The van der Waals surface area contributed by atoms with Crippen molar-refractivity contribution in [3.63, 3.8) is 0 Å². The van der Waals surface area contributed by atoms with Crippen LogP contribution in [0.25, 0.3) is 0 Å². The number of halogens is 1. The lowest BCUT2D eigenvalue weighted by molar-refractivity contribution is -0.151. The maximum absolute atomic E-state index is 11.5. The van der Waals surface area contributed by atoms with Crippen molar-refractivity contribution in [1.82, 2.24) is 0 Å². The number of carbonyl (C=O) groups excluding carboxylic acids is 2. The van der Waals surface area contributed by atoms with E-state index in [1.54, 1.807) is 6.92 Å². The van der Waals surface area contributed by atoms with Gasteiger partial charge in [0, 0.05) is 17.7 Å². The second kappa shape index (κ2) is 4.85. The zero-order valence-corrected chi connectivity index (χ0v) is 13.1. The summed E-state index contributed by atoms with van der Waals surface area (Å²) in [5.41, 5.74) is -1.12. The first kappa shape index (κ1) is 15.0. The van der Waals surface area contributed by atoms with Gasteiger partial charge in [0.1, 0.15) is 12.4 Å². The minimum Gasteiger partial charge on any atom is -0.462 e. The third kappa shape index (κ3) is 2.35. The average molecular weight is 333 g/mol. The molecule has 0 heterocycles. The van der Waals surface area contributed by atoms with Crippen LogP contribution in [-0.2, 0) is 14.3 Å². The molecule has 2 fully saturated rings. The van der Waals surface area contributed by atoms with Gasteiger partial charge < -0.3 is 14.6 Å². The fourth-order valence-electron chi connectivity index (χ4n) is 4.20. The Morgan fingerprint density at radius 2 is 2.11 bits per heavy atom. The molecule has 2 aliphatic carbocycles. The highest BCUT2D eigenvalue weighted by Gasteiger charge is 2.62. The molecule has 0 aliphatic heterocycles. The molecule has 2 saturated carbocycles. The molecule has 4 nitrogen and oxygen atoms in total. The van der Waals surface area contributed by atoms with E-state index >= 15 is 0 Å². The molecule has 2 rings (SSSR count). The third-order valence-electron chi connectivity index (χ3n) is 4.93. The average Bonchev–Trinajstić information content (AvgIpc) is 2.58. The van der Waals surface area contributed by atoms with Crippen LogP contribution >= 0.6 is 15.9 Å². The predicted octanol–water partition coefficient (Wildman–Crippen LogP) is 2.07. The quantitative estimate of drug-likeness (QED) is 0.477. The van der Waals surface area contributed by atoms with Gasteiger partial charge in [0.05, 0.1) is 11.5 Å². The van der Waals surface area contributed by atoms with E-state index in [1.807, 2.05) is 0 Å². The Kier molecular flexibility index (Phi) is 3.82. The Hall–Kier alpha value is -0.420. The summed E-state index contributed by atoms with van der Waals surface area (Å²) in [5, 5.41) is 10.7. The van der Waals surface area contributed by atoms with Crippen LogP contribution in [0.3, 0.4) is 0 Å². The molecule has 0 amide bonds. The fourth-order valence-corrected chi connectivity index (χ4v) is 4.90. The third-order valence-corrected chi connectivity index (χ3v) is 6.43. The van der Waals surface area contributed by atoms with Gasteiger partial charge in [-0.25, -0.2) is 0 Å². The Labute approximate surface area is 122 Å².